The van der Waals surface area contributed by atoms with Gasteiger partial charge in [-0.25, -0.2) is 0 Å². The second-order valence-electron chi connectivity index (χ2n) is 4.65. The van der Waals surface area contributed by atoms with E-state index in [0.29, 0.717) is 0 Å². The molecule has 0 atom stereocenters. The first kappa shape index (κ1) is 14.8. The molecule has 96 valence electrons. The molecule has 0 amide bonds. The van der Waals surface area contributed by atoms with Gasteiger partial charge in [0.1, 0.15) is 0 Å². The maximum Gasteiger partial charge on any atom is 0.0439 e. The van der Waals surface area contributed by atoms with E-state index in [1.165, 1.54) is 0 Å². The van der Waals surface area contributed by atoms with Crippen LogP contribution in [-0.2, 0) is 6.42 Å². The zero-order chi connectivity index (χ0) is 12.9. The fraction of sp³-hybridized carbons (Fsp3) is 0.571. The highest BCUT2D eigenvalue weighted by Gasteiger charge is 2.26. The smallest absolute Gasteiger partial charge is 0.0439 e. The number of benzene rings is 1. The largest absolute Gasteiger partial charge is 0.319 e. The Morgan fingerprint density at radius 2 is 1.82 bits per heavy atom. The Bertz CT molecular complexity index is 359. The summed E-state index contributed by atoms with van der Waals surface area (Å²) in [4.78, 5) is 0. The molecule has 0 aromatic heterocycles. The molecule has 0 spiro atoms. The molecule has 0 unspecified atom stereocenters. The van der Waals surface area contributed by atoms with E-state index in [1.807, 2.05) is 25.2 Å². The van der Waals surface area contributed by atoms with E-state index in [0.717, 1.165) is 41.4 Å². The summed E-state index contributed by atoms with van der Waals surface area (Å²) in [6.07, 6.45) is 3.24. The zero-order valence-corrected chi connectivity index (χ0v) is 12.3. The Labute approximate surface area is 115 Å². The van der Waals surface area contributed by atoms with E-state index >= 15 is 0 Å². The summed E-state index contributed by atoms with van der Waals surface area (Å²) in [6, 6.07) is 5.71. The number of rotatable bonds is 6. The van der Waals surface area contributed by atoms with E-state index in [1.54, 1.807) is 0 Å². The summed E-state index contributed by atoms with van der Waals surface area (Å²) >= 11 is 12.3. The minimum Gasteiger partial charge on any atom is -0.319 e. The fourth-order valence-electron chi connectivity index (χ4n) is 2.27. The van der Waals surface area contributed by atoms with Gasteiger partial charge in [-0.1, -0.05) is 37.0 Å². The minimum absolute atomic E-state index is 0.267. The van der Waals surface area contributed by atoms with Crippen molar-refractivity contribution < 1.29 is 0 Å². The highest BCUT2D eigenvalue weighted by atomic mass is 35.5. The Balaban J connectivity index is 2.96. The molecular formula is C14H21Cl2N. The Hall–Kier alpha value is -0.240. The number of hydrogen-bond acceptors (Lipinski definition) is 1. The van der Waals surface area contributed by atoms with Crippen LogP contribution in [0.1, 0.15) is 32.3 Å². The molecule has 1 nitrogen and oxygen atoms in total. The molecule has 1 aromatic carbocycles. The minimum atomic E-state index is 0.267. The van der Waals surface area contributed by atoms with Crippen molar-refractivity contribution in [2.24, 2.45) is 5.41 Å². The van der Waals surface area contributed by atoms with E-state index in [2.05, 4.69) is 19.2 Å². The Morgan fingerprint density at radius 1 is 1.18 bits per heavy atom. The molecule has 0 radical (unpaired) electrons. The lowest BCUT2D eigenvalue weighted by molar-refractivity contribution is 0.253. The molecule has 1 aromatic rings. The van der Waals surface area contributed by atoms with Gasteiger partial charge in [0.25, 0.3) is 0 Å². The number of hydrogen-bond donors (Lipinski definition) is 1. The maximum absolute atomic E-state index is 6.24. The highest BCUT2D eigenvalue weighted by molar-refractivity contribution is 6.33. The summed E-state index contributed by atoms with van der Waals surface area (Å²) in [7, 11) is 2.00. The number of halogens is 2. The van der Waals surface area contributed by atoms with Gasteiger partial charge in [-0.15, -0.1) is 0 Å². The van der Waals surface area contributed by atoms with Crippen LogP contribution in [0.4, 0.5) is 0 Å². The third-order valence-corrected chi connectivity index (χ3v) is 4.23. The van der Waals surface area contributed by atoms with Crippen molar-refractivity contribution in [1.29, 1.82) is 0 Å². The quantitative estimate of drug-likeness (QED) is 0.801. The van der Waals surface area contributed by atoms with Crippen molar-refractivity contribution in [2.75, 3.05) is 13.6 Å². The van der Waals surface area contributed by atoms with E-state index < -0.39 is 0 Å². The van der Waals surface area contributed by atoms with E-state index in [4.69, 9.17) is 23.2 Å². The molecule has 0 bridgehead atoms. The molecular weight excluding hydrogens is 253 g/mol. The summed E-state index contributed by atoms with van der Waals surface area (Å²) in [5.41, 5.74) is 1.42. The first-order chi connectivity index (χ1) is 8.06. The first-order valence-corrected chi connectivity index (χ1v) is 6.91. The van der Waals surface area contributed by atoms with Crippen LogP contribution in [0.5, 0.6) is 0 Å². The molecule has 0 aliphatic heterocycles. The third-order valence-electron chi connectivity index (χ3n) is 3.62. The molecule has 0 aliphatic rings. The van der Waals surface area contributed by atoms with Gasteiger partial charge >= 0.3 is 0 Å². The lowest BCUT2D eigenvalue weighted by Crippen LogP contribution is -2.33. The van der Waals surface area contributed by atoms with Crippen LogP contribution < -0.4 is 5.32 Å². The van der Waals surface area contributed by atoms with Gasteiger partial charge in [0.05, 0.1) is 0 Å². The normalized spacial score (nSPS) is 11.8. The van der Waals surface area contributed by atoms with Crippen molar-refractivity contribution in [3.8, 4) is 0 Å². The van der Waals surface area contributed by atoms with Gasteiger partial charge in [-0.3, -0.25) is 0 Å². The zero-order valence-electron chi connectivity index (χ0n) is 10.8. The van der Waals surface area contributed by atoms with Gasteiger partial charge in [0, 0.05) is 16.6 Å². The monoisotopic (exact) mass is 273 g/mol. The predicted octanol–water partition coefficient (Wildman–Crippen LogP) is 4.56. The van der Waals surface area contributed by atoms with Gasteiger partial charge in [-0.05, 0) is 55.5 Å². The molecule has 1 rings (SSSR count). The van der Waals surface area contributed by atoms with Crippen LogP contribution in [0.3, 0.4) is 0 Å². The summed E-state index contributed by atoms with van der Waals surface area (Å²) in [6.45, 7) is 5.47. The van der Waals surface area contributed by atoms with Crippen molar-refractivity contribution in [3.63, 3.8) is 0 Å². The van der Waals surface area contributed by atoms with Crippen LogP contribution >= 0.6 is 23.2 Å². The fourth-order valence-corrected chi connectivity index (χ4v) is 2.65. The summed E-state index contributed by atoms with van der Waals surface area (Å²) in [5, 5.41) is 4.86. The average molecular weight is 274 g/mol. The van der Waals surface area contributed by atoms with E-state index in [-0.39, 0.29) is 5.41 Å². The lowest BCUT2D eigenvalue weighted by atomic mass is 9.77. The first-order valence-electron chi connectivity index (χ1n) is 6.15. The van der Waals surface area contributed by atoms with Crippen molar-refractivity contribution in [2.45, 2.75) is 33.1 Å². The van der Waals surface area contributed by atoms with E-state index in [9.17, 15) is 0 Å². The maximum atomic E-state index is 6.24. The molecule has 0 aliphatic carbocycles. The van der Waals surface area contributed by atoms with Crippen molar-refractivity contribution >= 4 is 23.2 Å². The summed E-state index contributed by atoms with van der Waals surface area (Å²) in [5.74, 6) is 0. The molecule has 0 saturated carbocycles. The van der Waals surface area contributed by atoms with Crippen LogP contribution in [0.15, 0.2) is 18.2 Å². The molecule has 3 heteroatoms. The van der Waals surface area contributed by atoms with Gasteiger partial charge in [0.15, 0.2) is 0 Å². The Morgan fingerprint density at radius 3 is 2.35 bits per heavy atom. The lowest BCUT2D eigenvalue weighted by Gasteiger charge is -2.32. The molecule has 0 saturated heterocycles. The van der Waals surface area contributed by atoms with Crippen molar-refractivity contribution in [1.82, 2.24) is 5.32 Å². The standard InChI is InChI=1S/C14H21Cl2N/c1-4-14(5-2,10-17-3)9-11-8-12(15)6-7-13(11)16/h6-8,17H,4-5,9-10H2,1-3H3. The molecule has 0 fully saturated rings. The third kappa shape index (κ3) is 3.87. The van der Waals surface area contributed by atoms with Gasteiger partial charge in [0.2, 0.25) is 0 Å². The van der Waals surface area contributed by atoms with Crippen LogP contribution in [0.2, 0.25) is 10.0 Å². The molecule has 0 heterocycles. The SMILES string of the molecule is CCC(CC)(CNC)Cc1cc(Cl)ccc1Cl. The van der Waals surface area contributed by atoms with Crippen LogP contribution in [-0.4, -0.2) is 13.6 Å². The van der Waals surface area contributed by atoms with Crippen LogP contribution in [0, 0.1) is 5.41 Å². The molecule has 1 N–H and O–H groups in total. The topological polar surface area (TPSA) is 12.0 Å². The second-order valence-corrected chi connectivity index (χ2v) is 5.49. The predicted molar refractivity (Wildman–Crippen MR) is 77.1 cm³/mol. The second kappa shape index (κ2) is 6.63. The highest BCUT2D eigenvalue weighted by Crippen LogP contribution is 2.33. The Kier molecular flexibility index (Phi) is 5.78. The molecule has 17 heavy (non-hydrogen) atoms. The van der Waals surface area contributed by atoms with Crippen LogP contribution in [0.25, 0.3) is 0 Å². The average Bonchev–Trinajstić information content (AvgIpc) is 2.33. The number of nitrogens with one attached hydrogen (secondary N) is 1. The van der Waals surface area contributed by atoms with Gasteiger partial charge in [-0.2, -0.15) is 0 Å². The van der Waals surface area contributed by atoms with Crippen molar-refractivity contribution in [3.05, 3.63) is 33.8 Å². The summed E-state index contributed by atoms with van der Waals surface area (Å²) < 4.78 is 0. The van der Waals surface area contributed by atoms with Gasteiger partial charge < -0.3 is 5.32 Å².